The van der Waals surface area contributed by atoms with E-state index in [1.807, 2.05) is 36.4 Å². The summed E-state index contributed by atoms with van der Waals surface area (Å²) >= 11 is 0. The van der Waals surface area contributed by atoms with E-state index in [1.54, 1.807) is 0 Å². The van der Waals surface area contributed by atoms with Crippen LogP contribution in [0, 0.1) is 11.8 Å². The predicted molar refractivity (Wildman–Crippen MR) is 96.2 cm³/mol. The topological polar surface area (TPSA) is 60.6 Å². The maximum atomic E-state index is 10.3. The molecule has 124 valence electrons. The summed E-state index contributed by atoms with van der Waals surface area (Å²) in [7, 11) is 0. The summed E-state index contributed by atoms with van der Waals surface area (Å²) in [5.41, 5.74) is 4.07. The molecule has 0 atom stereocenters. The quantitative estimate of drug-likeness (QED) is 0.610. The van der Waals surface area contributed by atoms with Crippen molar-refractivity contribution in [3.63, 3.8) is 0 Å². The standard InChI is InChI=1S/C18H21N5O/c1-15-2-4-16(5-3-15)20-21-17-6-8-18(9-7-17)23-12-10-22(11-13-23)14-19-24/h2-9H,10-14H2,1H3/b21-20+. The number of nitroso groups, excluding NO2 is 1. The molecule has 0 amide bonds. The number of nitrogens with zero attached hydrogens (tertiary/aromatic N) is 5. The molecule has 1 fully saturated rings. The number of aryl methyl sites for hydroxylation is 1. The van der Waals surface area contributed by atoms with Gasteiger partial charge in [0.25, 0.3) is 0 Å². The van der Waals surface area contributed by atoms with Crippen molar-refractivity contribution in [3.8, 4) is 0 Å². The van der Waals surface area contributed by atoms with Gasteiger partial charge in [0.1, 0.15) is 6.67 Å². The van der Waals surface area contributed by atoms with E-state index in [-0.39, 0.29) is 6.67 Å². The van der Waals surface area contributed by atoms with Crippen LogP contribution in [0.5, 0.6) is 0 Å². The van der Waals surface area contributed by atoms with Crippen molar-refractivity contribution in [2.45, 2.75) is 6.92 Å². The third-order valence-electron chi connectivity index (χ3n) is 4.16. The van der Waals surface area contributed by atoms with E-state index in [2.05, 4.69) is 44.3 Å². The monoisotopic (exact) mass is 323 g/mol. The lowest BCUT2D eigenvalue weighted by Crippen LogP contribution is -2.46. The summed E-state index contributed by atoms with van der Waals surface area (Å²) in [5.74, 6) is 0. The Bertz CT molecular complexity index is 688. The minimum absolute atomic E-state index is 0.284. The predicted octanol–water partition coefficient (Wildman–Crippen LogP) is 4.26. The van der Waals surface area contributed by atoms with Crippen LogP contribution >= 0.6 is 0 Å². The summed E-state index contributed by atoms with van der Waals surface area (Å²) in [5, 5.41) is 11.5. The van der Waals surface area contributed by atoms with Crippen molar-refractivity contribution in [2.75, 3.05) is 37.7 Å². The van der Waals surface area contributed by atoms with E-state index in [4.69, 9.17) is 0 Å². The molecular weight excluding hydrogens is 302 g/mol. The fraction of sp³-hybridized carbons (Fsp3) is 0.333. The van der Waals surface area contributed by atoms with Crippen LogP contribution in [0.3, 0.4) is 0 Å². The van der Waals surface area contributed by atoms with Gasteiger partial charge in [-0.2, -0.15) is 10.2 Å². The number of azo groups is 1. The second-order valence-electron chi connectivity index (χ2n) is 5.93. The molecule has 2 aromatic rings. The highest BCUT2D eigenvalue weighted by Gasteiger charge is 2.16. The number of anilines is 1. The molecule has 6 nitrogen and oxygen atoms in total. The second kappa shape index (κ2) is 7.79. The second-order valence-corrected chi connectivity index (χ2v) is 5.93. The van der Waals surface area contributed by atoms with E-state index < -0.39 is 0 Å². The van der Waals surface area contributed by atoms with Gasteiger partial charge in [-0.05, 0) is 43.3 Å². The Labute approximate surface area is 141 Å². The highest BCUT2D eigenvalue weighted by atomic mass is 16.3. The molecule has 1 saturated heterocycles. The van der Waals surface area contributed by atoms with Crippen LogP contribution in [0.4, 0.5) is 17.1 Å². The lowest BCUT2D eigenvalue weighted by atomic mass is 10.2. The van der Waals surface area contributed by atoms with Gasteiger partial charge in [-0.25, -0.2) is 0 Å². The Morgan fingerprint density at radius 3 is 1.92 bits per heavy atom. The normalized spacial score (nSPS) is 15.8. The molecule has 3 rings (SSSR count). The van der Waals surface area contributed by atoms with E-state index in [1.165, 1.54) is 11.3 Å². The first-order valence-corrected chi connectivity index (χ1v) is 8.09. The Morgan fingerprint density at radius 1 is 0.833 bits per heavy atom. The molecule has 6 heteroatoms. The fourth-order valence-electron chi connectivity index (χ4n) is 2.69. The Kier molecular flexibility index (Phi) is 5.28. The molecule has 0 aliphatic carbocycles. The van der Waals surface area contributed by atoms with E-state index in [0.717, 1.165) is 37.6 Å². The third-order valence-corrected chi connectivity index (χ3v) is 4.16. The average molecular weight is 323 g/mol. The van der Waals surface area contributed by atoms with Gasteiger partial charge in [-0.3, -0.25) is 4.90 Å². The van der Waals surface area contributed by atoms with Crippen LogP contribution < -0.4 is 4.90 Å². The lowest BCUT2D eigenvalue weighted by Gasteiger charge is -2.34. The highest BCUT2D eigenvalue weighted by molar-refractivity contribution is 5.53. The van der Waals surface area contributed by atoms with Crippen molar-refractivity contribution in [2.24, 2.45) is 15.4 Å². The van der Waals surface area contributed by atoms with Gasteiger partial charge in [0.15, 0.2) is 0 Å². The van der Waals surface area contributed by atoms with Gasteiger partial charge < -0.3 is 4.90 Å². The summed E-state index contributed by atoms with van der Waals surface area (Å²) in [6.07, 6.45) is 0. The summed E-state index contributed by atoms with van der Waals surface area (Å²) in [6, 6.07) is 16.1. The van der Waals surface area contributed by atoms with E-state index >= 15 is 0 Å². The van der Waals surface area contributed by atoms with Gasteiger partial charge in [0, 0.05) is 31.9 Å². The maximum Gasteiger partial charge on any atom is 0.134 e. The zero-order valence-electron chi connectivity index (χ0n) is 13.8. The first-order chi connectivity index (χ1) is 11.7. The molecule has 0 aromatic heterocycles. The smallest absolute Gasteiger partial charge is 0.134 e. The van der Waals surface area contributed by atoms with Crippen molar-refractivity contribution in [1.82, 2.24) is 4.90 Å². The van der Waals surface area contributed by atoms with Crippen LogP contribution in [-0.2, 0) is 0 Å². The molecule has 0 radical (unpaired) electrons. The summed E-state index contributed by atoms with van der Waals surface area (Å²) < 4.78 is 0. The first-order valence-electron chi connectivity index (χ1n) is 8.09. The van der Waals surface area contributed by atoms with Crippen LogP contribution in [-0.4, -0.2) is 37.7 Å². The lowest BCUT2D eigenvalue weighted by molar-refractivity contribution is 0.265. The van der Waals surface area contributed by atoms with Crippen molar-refractivity contribution in [1.29, 1.82) is 0 Å². The third kappa shape index (κ3) is 4.23. The molecule has 1 aliphatic rings. The molecule has 1 heterocycles. The summed E-state index contributed by atoms with van der Waals surface area (Å²) in [6.45, 7) is 5.86. The molecule has 0 bridgehead atoms. The van der Waals surface area contributed by atoms with Crippen molar-refractivity contribution in [3.05, 3.63) is 59.0 Å². The van der Waals surface area contributed by atoms with E-state index in [0.29, 0.717) is 0 Å². The Hall–Kier alpha value is -2.60. The Morgan fingerprint density at radius 2 is 1.38 bits per heavy atom. The SMILES string of the molecule is Cc1ccc(/N=N/c2ccc(N3CCN(CN=O)CC3)cc2)cc1. The fourth-order valence-corrected chi connectivity index (χ4v) is 2.69. The molecule has 0 saturated carbocycles. The molecule has 1 aliphatic heterocycles. The number of piperazine rings is 1. The molecule has 0 spiro atoms. The molecule has 0 N–H and O–H groups in total. The maximum absolute atomic E-state index is 10.3. The molecule has 24 heavy (non-hydrogen) atoms. The van der Waals surface area contributed by atoms with Crippen LogP contribution in [0.2, 0.25) is 0 Å². The number of benzene rings is 2. The number of hydrogen-bond acceptors (Lipinski definition) is 6. The van der Waals surface area contributed by atoms with Crippen LogP contribution in [0.15, 0.2) is 63.9 Å². The number of rotatable bonds is 5. The molecule has 0 unspecified atom stereocenters. The van der Waals surface area contributed by atoms with Gasteiger partial charge in [-0.15, -0.1) is 4.91 Å². The average Bonchev–Trinajstić information content (AvgIpc) is 2.63. The van der Waals surface area contributed by atoms with Crippen LogP contribution in [0.25, 0.3) is 0 Å². The van der Waals surface area contributed by atoms with Gasteiger partial charge >= 0.3 is 0 Å². The van der Waals surface area contributed by atoms with Gasteiger partial charge in [0.05, 0.1) is 11.4 Å². The molecular formula is C18H21N5O. The summed E-state index contributed by atoms with van der Waals surface area (Å²) in [4.78, 5) is 14.7. The largest absolute Gasteiger partial charge is 0.369 e. The Balaban J connectivity index is 1.59. The minimum atomic E-state index is 0.284. The highest BCUT2D eigenvalue weighted by Crippen LogP contribution is 2.23. The zero-order chi connectivity index (χ0) is 16.8. The number of hydrogen-bond donors (Lipinski definition) is 0. The van der Waals surface area contributed by atoms with Gasteiger partial charge in [-0.1, -0.05) is 22.9 Å². The molecule has 2 aromatic carbocycles. The van der Waals surface area contributed by atoms with E-state index in [9.17, 15) is 4.91 Å². The van der Waals surface area contributed by atoms with Gasteiger partial charge in [0.2, 0.25) is 0 Å². The first kappa shape index (κ1) is 16.3. The zero-order valence-corrected chi connectivity index (χ0v) is 13.8. The van der Waals surface area contributed by atoms with Crippen molar-refractivity contribution < 1.29 is 0 Å². The van der Waals surface area contributed by atoms with Crippen LogP contribution in [0.1, 0.15) is 5.56 Å². The van der Waals surface area contributed by atoms with Crippen molar-refractivity contribution >= 4 is 17.1 Å². The minimum Gasteiger partial charge on any atom is -0.369 e.